The zero-order valence-electron chi connectivity index (χ0n) is 27.3. The summed E-state index contributed by atoms with van der Waals surface area (Å²) in [7, 11) is -2.72. The van der Waals surface area contributed by atoms with Crippen molar-refractivity contribution >= 4 is 30.5 Å². The highest BCUT2D eigenvalue weighted by Gasteiger charge is 2.52. The summed E-state index contributed by atoms with van der Waals surface area (Å²) >= 11 is 2.00. The van der Waals surface area contributed by atoms with E-state index in [1.165, 1.54) is 15.9 Å². The molecule has 0 saturated carbocycles. The van der Waals surface area contributed by atoms with Gasteiger partial charge in [0.25, 0.3) is 0 Å². The molecule has 0 bridgehead atoms. The summed E-state index contributed by atoms with van der Waals surface area (Å²) in [6.07, 6.45) is 0.944. The summed E-state index contributed by atoms with van der Waals surface area (Å²) in [5.74, 6) is 5.36. The van der Waals surface area contributed by atoms with Crippen LogP contribution in [-0.2, 0) is 6.42 Å². The fraction of sp³-hybridized carbons (Fsp3) is 0.214. The van der Waals surface area contributed by atoms with Crippen LogP contribution in [0.5, 0.6) is 5.75 Å². The maximum atomic E-state index is 7.38. The van der Waals surface area contributed by atoms with Gasteiger partial charge in [-0.25, -0.2) is 4.98 Å². The Kier molecular flexibility index (Phi) is 8.93. The maximum Gasteiger partial charge on any atom is 0.319 e. The van der Waals surface area contributed by atoms with Gasteiger partial charge in [-0.1, -0.05) is 154 Å². The molecule has 2 heterocycles. The molecule has 2 unspecified atom stereocenters. The van der Waals surface area contributed by atoms with Crippen molar-refractivity contribution in [3.8, 4) is 28.3 Å². The largest absolute Gasteiger partial charge is 0.534 e. The van der Waals surface area contributed by atoms with Gasteiger partial charge in [-0.3, -0.25) is 0 Å². The summed E-state index contributed by atoms with van der Waals surface area (Å²) in [5, 5.41) is 2.46. The molecule has 1 aliphatic rings. The third-order valence-corrected chi connectivity index (χ3v) is 15.5. The van der Waals surface area contributed by atoms with E-state index < -0.39 is 8.32 Å². The number of oxazole rings is 1. The molecule has 0 amide bonds. The summed E-state index contributed by atoms with van der Waals surface area (Å²) in [6, 6.07) is 51.3. The molecule has 1 aliphatic heterocycles. The van der Waals surface area contributed by atoms with Crippen molar-refractivity contribution in [3.63, 3.8) is 0 Å². The van der Waals surface area contributed by atoms with E-state index in [2.05, 4.69) is 154 Å². The molecule has 7 rings (SSSR count). The van der Waals surface area contributed by atoms with Crippen molar-refractivity contribution in [3.05, 3.63) is 157 Å². The molecule has 0 radical (unpaired) electrons. The quantitative estimate of drug-likeness (QED) is 0.146. The molecular formula is C42H41NO2SSi. The molecule has 5 aromatic carbocycles. The monoisotopic (exact) mass is 651 g/mol. The van der Waals surface area contributed by atoms with Crippen LogP contribution in [0.3, 0.4) is 0 Å². The predicted octanol–water partition coefficient (Wildman–Crippen LogP) is 9.64. The SMILES string of the molecule is CC(C)(C)[Si](Oc1cccc(CC2CSCC2c2nc(-c3ccccc3)c(-c3ccccc3)o2)c1)(c1ccccc1)c1ccccc1. The number of aromatic nitrogens is 1. The van der Waals surface area contributed by atoms with Gasteiger partial charge in [0.1, 0.15) is 11.4 Å². The van der Waals surface area contributed by atoms with Crippen LogP contribution in [0.2, 0.25) is 5.04 Å². The van der Waals surface area contributed by atoms with E-state index in [0.29, 0.717) is 5.92 Å². The number of benzene rings is 5. The van der Waals surface area contributed by atoms with E-state index >= 15 is 0 Å². The molecular weight excluding hydrogens is 611 g/mol. The summed E-state index contributed by atoms with van der Waals surface area (Å²) in [5.41, 5.74) is 4.34. The lowest BCUT2D eigenvalue weighted by molar-refractivity contribution is 0.405. The van der Waals surface area contributed by atoms with E-state index in [9.17, 15) is 0 Å². The van der Waals surface area contributed by atoms with Crippen LogP contribution >= 0.6 is 11.8 Å². The molecule has 2 atom stereocenters. The van der Waals surface area contributed by atoms with Crippen molar-refractivity contribution in [1.29, 1.82) is 0 Å². The summed E-state index contributed by atoms with van der Waals surface area (Å²) in [4.78, 5) is 5.19. The molecule has 3 nitrogen and oxygen atoms in total. The lowest BCUT2D eigenvalue weighted by Gasteiger charge is -2.43. The van der Waals surface area contributed by atoms with Crippen molar-refractivity contribution < 1.29 is 8.84 Å². The Hall–Kier alpha value is -4.32. The Morgan fingerprint density at radius 3 is 1.87 bits per heavy atom. The normalized spacial score (nSPS) is 16.7. The molecule has 1 fully saturated rings. The maximum absolute atomic E-state index is 7.38. The van der Waals surface area contributed by atoms with E-state index in [1.54, 1.807) is 0 Å². The average Bonchev–Trinajstić information content (AvgIpc) is 3.76. The lowest BCUT2D eigenvalue weighted by atomic mass is 9.89. The second kappa shape index (κ2) is 13.4. The van der Waals surface area contributed by atoms with Gasteiger partial charge >= 0.3 is 8.32 Å². The van der Waals surface area contributed by atoms with Gasteiger partial charge in [-0.2, -0.15) is 11.8 Å². The first-order valence-electron chi connectivity index (χ1n) is 16.5. The van der Waals surface area contributed by atoms with Crippen molar-refractivity contribution in [1.82, 2.24) is 4.98 Å². The van der Waals surface area contributed by atoms with Crippen LogP contribution in [0, 0.1) is 5.92 Å². The topological polar surface area (TPSA) is 35.3 Å². The number of hydrogen-bond acceptors (Lipinski definition) is 4. The van der Waals surface area contributed by atoms with Crippen LogP contribution < -0.4 is 14.8 Å². The number of rotatable bonds is 9. The van der Waals surface area contributed by atoms with Gasteiger partial charge in [0.15, 0.2) is 11.7 Å². The molecule has 1 aromatic heterocycles. The Bertz CT molecular complexity index is 1810. The van der Waals surface area contributed by atoms with Crippen LogP contribution in [-0.4, -0.2) is 24.8 Å². The third kappa shape index (κ3) is 6.35. The predicted molar refractivity (Wildman–Crippen MR) is 199 cm³/mol. The van der Waals surface area contributed by atoms with Gasteiger partial charge in [0.2, 0.25) is 0 Å². The van der Waals surface area contributed by atoms with E-state index in [4.69, 9.17) is 13.8 Å². The molecule has 0 spiro atoms. The second-order valence-corrected chi connectivity index (χ2v) is 18.8. The highest BCUT2D eigenvalue weighted by atomic mass is 32.2. The Morgan fingerprint density at radius 2 is 1.28 bits per heavy atom. The van der Waals surface area contributed by atoms with Gasteiger partial charge in [-0.15, -0.1) is 0 Å². The number of hydrogen-bond donors (Lipinski definition) is 0. The lowest BCUT2D eigenvalue weighted by Crippen LogP contribution is -2.68. The fourth-order valence-corrected chi connectivity index (χ4v) is 12.9. The highest BCUT2D eigenvalue weighted by molar-refractivity contribution is 7.99. The molecule has 1 saturated heterocycles. The van der Waals surface area contributed by atoms with E-state index in [0.717, 1.165) is 52.1 Å². The number of nitrogens with zero attached hydrogens (tertiary/aromatic N) is 1. The Balaban J connectivity index is 1.20. The zero-order chi connectivity index (χ0) is 32.3. The fourth-order valence-electron chi connectivity index (χ4n) is 7.01. The standard InChI is InChI=1S/C42H41NO2SSi/c1-42(2,3)47(36-23-12-6-13-24-36,37-25-14-7-15-26-37)45-35-22-16-17-31(28-35)27-34-29-46-30-38(34)41-43-39(32-18-8-4-9-19-32)40(44-41)33-20-10-5-11-21-33/h4-26,28,34,38H,27,29-30H2,1-3H3. The van der Waals surface area contributed by atoms with Gasteiger partial charge in [0.05, 0.1) is 0 Å². The summed E-state index contributed by atoms with van der Waals surface area (Å²) < 4.78 is 14.1. The minimum absolute atomic E-state index is 0.100. The molecule has 0 aliphatic carbocycles. The molecule has 0 N–H and O–H groups in total. The van der Waals surface area contributed by atoms with Crippen LogP contribution in [0.1, 0.15) is 38.1 Å². The number of thioether (sulfide) groups is 1. The Labute approximate surface area is 284 Å². The van der Waals surface area contributed by atoms with Crippen LogP contribution in [0.15, 0.2) is 150 Å². The van der Waals surface area contributed by atoms with Crippen LogP contribution in [0.25, 0.3) is 22.6 Å². The zero-order valence-corrected chi connectivity index (χ0v) is 29.1. The smallest absolute Gasteiger partial charge is 0.319 e. The summed E-state index contributed by atoms with van der Waals surface area (Å²) in [6.45, 7) is 6.98. The molecule has 236 valence electrons. The molecule has 47 heavy (non-hydrogen) atoms. The first-order valence-corrected chi connectivity index (χ1v) is 19.6. The van der Waals surface area contributed by atoms with Crippen LogP contribution in [0.4, 0.5) is 0 Å². The first kappa shape index (κ1) is 31.3. The van der Waals surface area contributed by atoms with Gasteiger partial charge in [-0.05, 0) is 51.2 Å². The van der Waals surface area contributed by atoms with Crippen molar-refractivity contribution in [2.24, 2.45) is 5.92 Å². The highest BCUT2D eigenvalue weighted by Crippen LogP contribution is 2.43. The molecule has 5 heteroatoms. The van der Waals surface area contributed by atoms with E-state index in [1.807, 2.05) is 23.9 Å². The second-order valence-electron chi connectivity index (χ2n) is 13.5. The van der Waals surface area contributed by atoms with Crippen molar-refractivity contribution in [2.45, 2.75) is 38.1 Å². The first-order chi connectivity index (χ1) is 22.9. The van der Waals surface area contributed by atoms with E-state index in [-0.39, 0.29) is 11.0 Å². The molecule has 6 aromatic rings. The minimum atomic E-state index is -2.72. The average molecular weight is 652 g/mol. The van der Waals surface area contributed by atoms with Gasteiger partial charge < -0.3 is 8.84 Å². The third-order valence-electron chi connectivity index (χ3n) is 9.33. The minimum Gasteiger partial charge on any atom is -0.534 e. The van der Waals surface area contributed by atoms with Gasteiger partial charge in [0, 0.05) is 22.8 Å². The Morgan fingerprint density at radius 1 is 0.702 bits per heavy atom. The van der Waals surface area contributed by atoms with Crippen molar-refractivity contribution in [2.75, 3.05) is 11.5 Å².